The molecule has 0 aliphatic carbocycles. The molecule has 3 nitrogen and oxygen atoms in total. The number of halogens is 2. The highest BCUT2D eigenvalue weighted by Gasteiger charge is 2.27. The fourth-order valence-electron chi connectivity index (χ4n) is 3.60. The average molecular weight is 436 g/mol. The highest BCUT2D eigenvalue weighted by molar-refractivity contribution is 6.31. The lowest BCUT2D eigenvalue weighted by atomic mass is 9.80. The summed E-state index contributed by atoms with van der Waals surface area (Å²) < 4.78 is 0. The van der Waals surface area contributed by atoms with Crippen molar-refractivity contribution < 1.29 is 9.90 Å². The molecule has 2 aromatic rings. The summed E-state index contributed by atoms with van der Waals surface area (Å²) in [7, 11) is 0. The van der Waals surface area contributed by atoms with Crippen molar-refractivity contribution in [3.05, 3.63) is 70.7 Å². The third-order valence-electron chi connectivity index (χ3n) is 4.97. The van der Waals surface area contributed by atoms with Crippen LogP contribution in [0.2, 0.25) is 5.02 Å². The van der Waals surface area contributed by atoms with Crippen LogP contribution in [0, 0.1) is 5.41 Å². The number of carboxylic acid groups (broad SMARTS) is 1. The Bertz CT molecular complexity index is 811. The molecule has 158 valence electrons. The highest BCUT2D eigenvalue weighted by atomic mass is 35.5. The number of nitrogens with zero attached hydrogens (tertiary/aromatic N) is 1. The van der Waals surface area contributed by atoms with E-state index in [1.54, 1.807) is 24.3 Å². The largest absolute Gasteiger partial charge is 0.478 e. The van der Waals surface area contributed by atoms with E-state index in [2.05, 4.69) is 32.6 Å². The van der Waals surface area contributed by atoms with E-state index in [4.69, 9.17) is 11.6 Å². The van der Waals surface area contributed by atoms with Crippen LogP contribution in [0.1, 0.15) is 45.2 Å². The summed E-state index contributed by atoms with van der Waals surface area (Å²) in [5, 5.41) is 10.7. The molecule has 0 unspecified atom stereocenters. The number of carboxylic acids is 1. The van der Waals surface area contributed by atoms with Crippen LogP contribution in [-0.4, -0.2) is 35.6 Å². The predicted octanol–water partition coefficient (Wildman–Crippen LogP) is 6.52. The van der Waals surface area contributed by atoms with Crippen LogP contribution < -0.4 is 0 Å². The zero-order valence-electron chi connectivity index (χ0n) is 17.6. The van der Waals surface area contributed by atoms with Crippen molar-refractivity contribution in [2.24, 2.45) is 5.41 Å². The molecule has 2 aromatic carbocycles. The Balaban J connectivity index is 0.00000420. The lowest BCUT2D eigenvalue weighted by Gasteiger charge is -2.33. The molecule has 0 aliphatic rings. The number of hydrogen-bond acceptors (Lipinski definition) is 2. The second-order valence-electron chi connectivity index (χ2n) is 7.83. The first-order valence-corrected chi connectivity index (χ1v) is 10.2. The first-order valence-electron chi connectivity index (χ1n) is 9.77. The molecule has 0 aliphatic heterocycles. The van der Waals surface area contributed by atoms with Gasteiger partial charge in [-0.3, -0.25) is 0 Å². The molecule has 0 saturated carbocycles. The Labute approximate surface area is 185 Å². The first-order chi connectivity index (χ1) is 13.3. The number of allylic oxidation sites excluding steroid dienone is 1. The lowest BCUT2D eigenvalue weighted by molar-refractivity contribution is -0.130. The normalized spacial score (nSPS) is 12.3. The fraction of sp³-hybridized carbons (Fsp3) is 0.375. The molecular weight excluding hydrogens is 405 g/mol. The summed E-state index contributed by atoms with van der Waals surface area (Å²) in [4.78, 5) is 14.7. The molecule has 0 saturated heterocycles. The lowest BCUT2D eigenvalue weighted by Crippen LogP contribution is -2.34. The molecule has 0 radical (unpaired) electrons. The van der Waals surface area contributed by atoms with Crippen molar-refractivity contribution in [1.29, 1.82) is 0 Å². The molecule has 29 heavy (non-hydrogen) atoms. The molecule has 0 atom stereocenters. The SMILES string of the molecule is CCN(CC)CC(C)(C)CC(=C(C(=O)O)c1ccc(Cl)cc1)c1ccccc1.Cl. The Hall–Kier alpha value is -1.81. The highest BCUT2D eigenvalue weighted by Crippen LogP contribution is 2.37. The van der Waals surface area contributed by atoms with Gasteiger partial charge >= 0.3 is 5.97 Å². The summed E-state index contributed by atoms with van der Waals surface area (Å²) in [5.41, 5.74) is 2.74. The zero-order chi connectivity index (χ0) is 20.7. The maximum atomic E-state index is 12.3. The van der Waals surface area contributed by atoms with Gasteiger partial charge in [-0.2, -0.15) is 0 Å². The Morgan fingerprint density at radius 1 is 0.966 bits per heavy atom. The second-order valence-corrected chi connectivity index (χ2v) is 8.27. The molecule has 1 N–H and O–H groups in total. The minimum Gasteiger partial charge on any atom is -0.478 e. The van der Waals surface area contributed by atoms with E-state index >= 15 is 0 Å². The number of rotatable bonds is 9. The van der Waals surface area contributed by atoms with Gasteiger partial charge in [0.15, 0.2) is 0 Å². The molecule has 5 heteroatoms. The van der Waals surface area contributed by atoms with E-state index in [0.29, 0.717) is 22.6 Å². The molecule has 2 rings (SSSR count). The monoisotopic (exact) mass is 435 g/mol. The van der Waals surface area contributed by atoms with Crippen LogP contribution in [0.4, 0.5) is 0 Å². The third-order valence-corrected chi connectivity index (χ3v) is 5.22. The van der Waals surface area contributed by atoms with Gasteiger partial charge in [0.05, 0.1) is 5.57 Å². The number of aliphatic carboxylic acids is 1. The predicted molar refractivity (Wildman–Crippen MR) is 126 cm³/mol. The van der Waals surface area contributed by atoms with Gasteiger partial charge in [0.25, 0.3) is 0 Å². The summed E-state index contributed by atoms with van der Waals surface area (Å²) >= 11 is 6.02. The molecular formula is C24H31Cl2NO2. The number of hydrogen-bond donors (Lipinski definition) is 1. The molecule has 0 amide bonds. The second kappa shape index (κ2) is 11.4. The summed E-state index contributed by atoms with van der Waals surface area (Å²) in [6.45, 7) is 11.6. The van der Waals surface area contributed by atoms with Crippen molar-refractivity contribution in [1.82, 2.24) is 4.90 Å². The Morgan fingerprint density at radius 3 is 2.00 bits per heavy atom. The van der Waals surface area contributed by atoms with Crippen molar-refractivity contribution in [2.45, 2.75) is 34.1 Å². The van der Waals surface area contributed by atoms with Crippen LogP contribution in [0.15, 0.2) is 54.6 Å². The molecule has 0 bridgehead atoms. The van der Waals surface area contributed by atoms with E-state index in [1.807, 2.05) is 30.3 Å². The molecule has 0 fully saturated rings. The van der Waals surface area contributed by atoms with Gasteiger partial charge in [-0.1, -0.05) is 81.8 Å². The third kappa shape index (κ3) is 7.18. The van der Waals surface area contributed by atoms with Gasteiger partial charge in [0.2, 0.25) is 0 Å². The van der Waals surface area contributed by atoms with Crippen LogP contribution in [0.5, 0.6) is 0 Å². The van der Waals surface area contributed by atoms with Crippen molar-refractivity contribution >= 4 is 41.1 Å². The number of carbonyl (C=O) groups is 1. The Morgan fingerprint density at radius 2 is 1.52 bits per heavy atom. The molecule has 0 heterocycles. The van der Waals surface area contributed by atoms with Gasteiger partial charge in [0.1, 0.15) is 0 Å². The summed E-state index contributed by atoms with van der Waals surface area (Å²) in [6, 6.07) is 16.9. The van der Waals surface area contributed by atoms with E-state index in [9.17, 15) is 9.90 Å². The standard InChI is InChI=1S/C24H30ClNO2.ClH/c1-5-26(6-2)17-24(3,4)16-21(18-10-8-7-9-11-18)22(23(27)28)19-12-14-20(25)15-13-19;/h7-15H,5-6,16-17H2,1-4H3,(H,27,28);1H. The van der Waals surface area contributed by atoms with E-state index in [0.717, 1.165) is 30.8 Å². The van der Waals surface area contributed by atoms with Crippen molar-refractivity contribution in [3.63, 3.8) is 0 Å². The topological polar surface area (TPSA) is 40.5 Å². The fourth-order valence-corrected chi connectivity index (χ4v) is 3.73. The van der Waals surface area contributed by atoms with Gasteiger partial charge in [-0.05, 0) is 53.8 Å². The summed E-state index contributed by atoms with van der Waals surface area (Å²) in [6.07, 6.45) is 0.664. The maximum absolute atomic E-state index is 12.3. The van der Waals surface area contributed by atoms with Crippen LogP contribution in [0.3, 0.4) is 0 Å². The number of benzene rings is 2. The van der Waals surface area contributed by atoms with Crippen LogP contribution in [0.25, 0.3) is 11.1 Å². The first kappa shape index (κ1) is 25.2. The van der Waals surface area contributed by atoms with Gasteiger partial charge in [-0.15, -0.1) is 12.4 Å². The van der Waals surface area contributed by atoms with Crippen LogP contribution in [-0.2, 0) is 4.79 Å². The van der Waals surface area contributed by atoms with E-state index < -0.39 is 5.97 Å². The van der Waals surface area contributed by atoms with Crippen molar-refractivity contribution in [3.8, 4) is 0 Å². The van der Waals surface area contributed by atoms with E-state index in [1.165, 1.54) is 0 Å². The van der Waals surface area contributed by atoms with E-state index in [-0.39, 0.29) is 17.8 Å². The minimum atomic E-state index is -0.917. The zero-order valence-corrected chi connectivity index (χ0v) is 19.2. The molecule has 0 spiro atoms. The molecule has 0 aromatic heterocycles. The van der Waals surface area contributed by atoms with Crippen LogP contribution >= 0.6 is 24.0 Å². The summed E-state index contributed by atoms with van der Waals surface area (Å²) in [5.74, 6) is -0.917. The smallest absolute Gasteiger partial charge is 0.336 e. The van der Waals surface area contributed by atoms with Crippen molar-refractivity contribution in [2.75, 3.05) is 19.6 Å². The van der Waals surface area contributed by atoms with Gasteiger partial charge < -0.3 is 10.0 Å². The Kier molecular flexibility index (Phi) is 9.91. The van der Waals surface area contributed by atoms with Gasteiger partial charge in [0, 0.05) is 11.6 Å². The maximum Gasteiger partial charge on any atom is 0.336 e. The average Bonchev–Trinajstić information content (AvgIpc) is 2.67. The van der Waals surface area contributed by atoms with Gasteiger partial charge in [-0.25, -0.2) is 4.79 Å². The quantitative estimate of drug-likeness (QED) is 0.360. The minimum absolute atomic E-state index is 0.